The summed E-state index contributed by atoms with van der Waals surface area (Å²) in [5.74, 6) is 0.547. The molecule has 2 atom stereocenters. The Hall–Kier alpha value is -2.69. The molecular formula is C25H37N3O6S. The predicted molar refractivity (Wildman–Crippen MR) is 134 cm³/mol. The van der Waals surface area contributed by atoms with Crippen LogP contribution < -0.4 is 10.1 Å². The first kappa shape index (κ1) is 28.5. The molecule has 2 aromatic rings. The van der Waals surface area contributed by atoms with Gasteiger partial charge in [-0.1, -0.05) is 13.8 Å². The third-order valence-corrected chi connectivity index (χ3v) is 6.87. The first-order valence-corrected chi connectivity index (χ1v) is 13.0. The first-order chi connectivity index (χ1) is 16.3. The van der Waals surface area contributed by atoms with Gasteiger partial charge in [-0.15, -0.1) is 0 Å². The zero-order valence-corrected chi connectivity index (χ0v) is 22.1. The Morgan fingerprint density at radius 3 is 2.20 bits per heavy atom. The maximum Gasteiger partial charge on any atom is 0.407 e. The molecule has 0 saturated heterocycles. The third-order valence-electron chi connectivity index (χ3n) is 5.03. The molecule has 1 amide bonds. The zero-order chi connectivity index (χ0) is 26.2. The molecule has 2 rings (SSSR count). The van der Waals surface area contributed by atoms with E-state index in [-0.39, 0.29) is 30.3 Å². The van der Waals surface area contributed by atoms with Gasteiger partial charge in [-0.2, -0.15) is 4.31 Å². The summed E-state index contributed by atoms with van der Waals surface area (Å²) in [6.07, 6.45) is 1.60. The lowest BCUT2D eigenvalue weighted by molar-refractivity contribution is 0.0400. The maximum absolute atomic E-state index is 13.4. The van der Waals surface area contributed by atoms with Crippen molar-refractivity contribution in [3.8, 4) is 5.75 Å². The van der Waals surface area contributed by atoms with Gasteiger partial charge in [-0.3, -0.25) is 4.98 Å². The number of aliphatic hydroxyl groups is 1. The number of alkyl carbamates (subject to hydrolysis) is 1. The molecule has 2 N–H and O–H groups in total. The van der Waals surface area contributed by atoms with E-state index in [0.717, 1.165) is 5.56 Å². The van der Waals surface area contributed by atoms with Gasteiger partial charge in [0.15, 0.2) is 0 Å². The molecule has 0 aliphatic rings. The number of ether oxygens (including phenoxy) is 2. The van der Waals surface area contributed by atoms with E-state index >= 15 is 0 Å². The number of rotatable bonds is 11. The summed E-state index contributed by atoms with van der Waals surface area (Å²) in [7, 11) is -2.41. The van der Waals surface area contributed by atoms with E-state index in [4.69, 9.17) is 9.47 Å². The number of nitrogens with zero attached hydrogens (tertiary/aromatic N) is 2. The number of carbonyl (C=O) groups is 1. The van der Waals surface area contributed by atoms with Crippen LogP contribution in [0.5, 0.6) is 5.75 Å². The van der Waals surface area contributed by atoms with Crippen molar-refractivity contribution in [3.63, 3.8) is 0 Å². The van der Waals surface area contributed by atoms with E-state index in [1.54, 1.807) is 57.4 Å². The third kappa shape index (κ3) is 9.12. The average Bonchev–Trinajstić information content (AvgIpc) is 2.77. The normalized spacial score (nSPS) is 14.0. The number of amides is 1. The van der Waals surface area contributed by atoms with Crippen molar-refractivity contribution in [2.45, 2.75) is 63.7 Å². The number of nitrogens with one attached hydrogen (secondary N) is 1. The molecule has 0 aliphatic carbocycles. The smallest absolute Gasteiger partial charge is 0.407 e. The minimum atomic E-state index is -3.92. The van der Waals surface area contributed by atoms with Gasteiger partial charge in [0, 0.05) is 25.5 Å². The number of benzene rings is 1. The first-order valence-electron chi connectivity index (χ1n) is 11.5. The Balaban J connectivity index is 2.31. The minimum Gasteiger partial charge on any atom is -0.497 e. The van der Waals surface area contributed by atoms with Crippen molar-refractivity contribution < 1.29 is 27.8 Å². The summed E-state index contributed by atoms with van der Waals surface area (Å²) in [5, 5.41) is 13.9. The fraction of sp³-hybridized carbons (Fsp3) is 0.520. The summed E-state index contributed by atoms with van der Waals surface area (Å²) < 4.78 is 38.6. The van der Waals surface area contributed by atoms with Gasteiger partial charge in [0.1, 0.15) is 11.4 Å². The van der Waals surface area contributed by atoms with E-state index in [1.807, 2.05) is 13.8 Å². The number of methoxy groups -OCH3 is 1. The molecule has 0 spiro atoms. The standard InChI is InChI=1S/C25H37N3O6S/c1-18(2)16-28(35(31,32)21-9-7-20(33-6)8-10-21)17-23(29)22(15-19-11-13-26-14-12-19)27-24(30)34-25(3,4)5/h7-14,18,22-23,29H,15-17H2,1-6H3,(H,27,30)/t22-,23-/m1/s1. The monoisotopic (exact) mass is 507 g/mol. The van der Waals surface area contributed by atoms with Crippen LogP contribution in [0.25, 0.3) is 0 Å². The molecule has 0 bridgehead atoms. The molecule has 35 heavy (non-hydrogen) atoms. The van der Waals surface area contributed by atoms with Crippen LogP contribution in [0.2, 0.25) is 0 Å². The molecule has 194 valence electrons. The average molecular weight is 508 g/mol. The molecule has 0 fully saturated rings. The summed E-state index contributed by atoms with van der Waals surface area (Å²) >= 11 is 0. The SMILES string of the molecule is COc1ccc(S(=O)(=O)N(CC(C)C)C[C@@H](O)[C@@H](Cc2ccncc2)NC(=O)OC(C)(C)C)cc1. The summed E-state index contributed by atoms with van der Waals surface area (Å²) in [4.78, 5) is 16.6. The summed E-state index contributed by atoms with van der Waals surface area (Å²) in [6, 6.07) is 8.85. The molecule has 0 aliphatic heterocycles. The van der Waals surface area contributed by atoms with Gasteiger partial charge in [0.2, 0.25) is 10.0 Å². The van der Waals surface area contributed by atoms with Gasteiger partial charge in [0.05, 0.1) is 24.2 Å². The number of aromatic nitrogens is 1. The predicted octanol–water partition coefficient (Wildman–Crippen LogP) is 3.23. The zero-order valence-electron chi connectivity index (χ0n) is 21.3. The van der Waals surface area contributed by atoms with Crippen LogP contribution in [0.3, 0.4) is 0 Å². The van der Waals surface area contributed by atoms with Gasteiger partial charge in [-0.25, -0.2) is 13.2 Å². The minimum absolute atomic E-state index is 0.00712. The van der Waals surface area contributed by atoms with Crippen molar-refractivity contribution >= 4 is 16.1 Å². The van der Waals surface area contributed by atoms with Gasteiger partial charge >= 0.3 is 6.09 Å². The van der Waals surface area contributed by atoms with E-state index in [1.165, 1.54) is 23.5 Å². The highest BCUT2D eigenvalue weighted by Crippen LogP contribution is 2.22. The highest BCUT2D eigenvalue weighted by atomic mass is 32.2. The van der Waals surface area contributed by atoms with Gasteiger partial charge in [0.25, 0.3) is 0 Å². The summed E-state index contributed by atoms with van der Waals surface area (Å²) in [5.41, 5.74) is 0.103. The van der Waals surface area contributed by atoms with Crippen LogP contribution >= 0.6 is 0 Å². The maximum atomic E-state index is 13.4. The van der Waals surface area contributed by atoms with E-state index < -0.39 is 33.9 Å². The van der Waals surface area contributed by atoms with Crippen LogP contribution in [-0.4, -0.2) is 66.9 Å². The van der Waals surface area contributed by atoms with E-state index in [0.29, 0.717) is 5.75 Å². The molecule has 1 aromatic heterocycles. The Labute approximate surface area is 208 Å². The van der Waals surface area contributed by atoms with Crippen LogP contribution in [0.15, 0.2) is 53.7 Å². The van der Waals surface area contributed by atoms with E-state index in [9.17, 15) is 18.3 Å². The van der Waals surface area contributed by atoms with Crippen LogP contribution in [0, 0.1) is 5.92 Å². The van der Waals surface area contributed by atoms with Crippen molar-refractivity contribution in [1.29, 1.82) is 0 Å². The lowest BCUT2D eigenvalue weighted by atomic mass is 10.0. The van der Waals surface area contributed by atoms with Crippen LogP contribution in [-0.2, 0) is 21.2 Å². The number of sulfonamides is 1. The molecule has 1 heterocycles. The lowest BCUT2D eigenvalue weighted by Crippen LogP contribution is -2.51. The highest BCUT2D eigenvalue weighted by Gasteiger charge is 2.32. The van der Waals surface area contributed by atoms with Crippen molar-refractivity contribution in [2.75, 3.05) is 20.2 Å². The number of hydrogen-bond acceptors (Lipinski definition) is 7. The Kier molecular flexibility index (Phi) is 10.1. The molecule has 0 saturated carbocycles. The molecule has 0 unspecified atom stereocenters. The molecule has 0 radical (unpaired) electrons. The number of aliphatic hydroxyl groups excluding tert-OH is 1. The largest absolute Gasteiger partial charge is 0.497 e. The highest BCUT2D eigenvalue weighted by molar-refractivity contribution is 7.89. The summed E-state index contributed by atoms with van der Waals surface area (Å²) in [6.45, 7) is 9.01. The van der Waals surface area contributed by atoms with Crippen LogP contribution in [0.1, 0.15) is 40.2 Å². The second kappa shape index (κ2) is 12.3. The number of pyridine rings is 1. The topological polar surface area (TPSA) is 118 Å². The van der Waals surface area contributed by atoms with Crippen molar-refractivity contribution in [1.82, 2.24) is 14.6 Å². The fourth-order valence-electron chi connectivity index (χ4n) is 3.43. The van der Waals surface area contributed by atoms with Crippen molar-refractivity contribution in [2.24, 2.45) is 5.92 Å². The quantitative estimate of drug-likeness (QED) is 0.479. The molecular weight excluding hydrogens is 470 g/mol. The van der Waals surface area contributed by atoms with E-state index in [2.05, 4.69) is 10.3 Å². The Bertz CT molecular complexity index is 1040. The second-order valence-corrected chi connectivity index (χ2v) is 11.7. The molecule has 1 aromatic carbocycles. The van der Waals surface area contributed by atoms with Crippen molar-refractivity contribution in [3.05, 3.63) is 54.4 Å². The fourth-order valence-corrected chi connectivity index (χ4v) is 5.05. The Morgan fingerprint density at radius 2 is 1.69 bits per heavy atom. The Morgan fingerprint density at radius 1 is 1.09 bits per heavy atom. The molecule has 10 heteroatoms. The van der Waals surface area contributed by atoms with Gasteiger partial charge < -0.3 is 19.9 Å². The second-order valence-electron chi connectivity index (χ2n) is 9.77. The number of hydrogen-bond donors (Lipinski definition) is 2. The number of carbonyl (C=O) groups excluding carboxylic acids is 1. The molecule has 9 nitrogen and oxygen atoms in total. The van der Waals surface area contributed by atoms with Gasteiger partial charge in [-0.05, 0) is 75.1 Å². The van der Waals surface area contributed by atoms with Crippen LogP contribution in [0.4, 0.5) is 4.79 Å². The lowest BCUT2D eigenvalue weighted by Gasteiger charge is -2.31.